The third-order valence-electron chi connectivity index (χ3n) is 2.96. The van der Waals surface area contributed by atoms with Crippen LogP contribution >= 0.6 is 0 Å². The van der Waals surface area contributed by atoms with Crippen molar-refractivity contribution in [1.29, 1.82) is 0 Å². The Morgan fingerprint density at radius 3 is 2.70 bits per heavy atom. The summed E-state index contributed by atoms with van der Waals surface area (Å²) in [6, 6.07) is 1.63. The monoisotopic (exact) mass is 303 g/mol. The molecule has 3 N–H and O–H groups in total. The summed E-state index contributed by atoms with van der Waals surface area (Å²) in [5.41, 5.74) is 6.47. The highest BCUT2D eigenvalue weighted by Crippen LogP contribution is 2.15. The Hall–Kier alpha value is -0.890. The lowest BCUT2D eigenvalue weighted by atomic mass is 10.4. The van der Waals surface area contributed by atoms with Crippen LogP contribution in [0.25, 0.3) is 0 Å². The predicted octanol–water partition coefficient (Wildman–Crippen LogP) is 1.06. The molecular formula is C13H25N3O3S. The van der Waals surface area contributed by atoms with Crippen molar-refractivity contribution >= 4 is 10.0 Å². The van der Waals surface area contributed by atoms with Gasteiger partial charge in [-0.3, -0.25) is 0 Å². The second-order valence-corrected chi connectivity index (χ2v) is 6.45. The van der Waals surface area contributed by atoms with Gasteiger partial charge >= 0.3 is 0 Å². The molecule has 0 amide bonds. The van der Waals surface area contributed by atoms with E-state index in [0.29, 0.717) is 13.2 Å². The highest BCUT2D eigenvalue weighted by atomic mass is 32.2. The number of rotatable bonds is 9. The van der Waals surface area contributed by atoms with Crippen molar-refractivity contribution in [2.75, 3.05) is 13.2 Å². The molecule has 1 atom stereocenters. The molecule has 0 aromatic carbocycles. The summed E-state index contributed by atoms with van der Waals surface area (Å²) < 4.78 is 34.2. The van der Waals surface area contributed by atoms with E-state index in [4.69, 9.17) is 10.5 Å². The average molecular weight is 303 g/mol. The molecule has 0 saturated heterocycles. The molecule has 1 heterocycles. The Bertz CT molecular complexity index is 511. The Morgan fingerprint density at radius 1 is 1.45 bits per heavy atom. The molecule has 1 aromatic heterocycles. The van der Waals surface area contributed by atoms with Crippen LogP contribution in [0.4, 0.5) is 0 Å². The summed E-state index contributed by atoms with van der Waals surface area (Å²) in [5.74, 6) is 0. The zero-order valence-corrected chi connectivity index (χ0v) is 13.2. The molecule has 0 bridgehead atoms. The molecule has 7 heteroatoms. The summed E-state index contributed by atoms with van der Waals surface area (Å²) in [5, 5.41) is 0. The van der Waals surface area contributed by atoms with Crippen LogP contribution in [-0.4, -0.2) is 32.2 Å². The van der Waals surface area contributed by atoms with Gasteiger partial charge in [0.05, 0.1) is 11.0 Å². The van der Waals surface area contributed by atoms with E-state index >= 15 is 0 Å². The maximum absolute atomic E-state index is 12.2. The second kappa shape index (κ2) is 7.78. The van der Waals surface area contributed by atoms with Gasteiger partial charge in [0.1, 0.15) is 0 Å². The van der Waals surface area contributed by atoms with E-state index in [1.54, 1.807) is 12.3 Å². The van der Waals surface area contributed by atoms with E-state index in [-0.39, 0.29) is 17.5 Å². The Labute approximate surface area is 121 Å². The summed E-state index contributed by atoms with van der Waals surface area (Å²) in [6.45, 7) is 7.65. The lowest BCUT2D eigenvalue weighted by Crippen LogP contribution is -2.32. The van der Waals surface area contributed by atoms with E-state index in [1.807, 2.05) is 25.3 Å². The van der Waals surface area contributed by atoms with Crippen LogP contribution in [0.1, 0.15) is 32.9 Å². The summed E-state index contributed by atoms with van der Waals surface area (Å²) in [4.78, 5) is 0.259. The van der Waals surface area contributed by atoms with Gasteiger partial charge in [-0.1, -0.05) is 6.92 Å². The molecule has 116 valence electrons. The van der Waals surface area contributed by atoms with Gasteiger partial charge < -0.3 is 15.0 Å². The van der Waals surface area contributed by atoms with Gasteiger partial charge in [-0.25, -0.2) is 13.1 Å². The van der Waals surface area contributed by atoms with Crippen molar-refractivity contribution in [1.82, 2.24) is 9.29 Å². The summed E-state index contributed by atoms with van der Waals surface area (Å²) in [6.07, 6.45) is 2.41. The molecule has 20 heavy (non-hydrogen) atoms. The lowest BCUT2D eigenvalue weighted by Gasteiger charge is -2.12. The van der Waals surface area contributed by atoms with Crippen molar-refractivity contribution in [3.05, 3.63) is 18.0 Å². The number of hydrogen-bond acceptors (Lipinski definition) is 4. The Kier molecular flexibility index (Phi) is 6.67. The van der Waals surface area contributed by atoms with Crippen molar-refractivity contribution in [3.63, 3.8) is 0 Å². The van der Waals surface area contributed by atoms with Crippen molar-refractivity contribution in [2.24, 2.45) is 5.73 Å². The smallest absolute Gasteiger partial charge is 0.242 e. The first-order valence-corrected chi connectivity index (χ1v) is 8.43. The van der Waals surface area contributed by atoms with Gasteiger partial charge in [0.2, 0.25) is 10.0 Å². The van der Waals surface area contributed by atoms with Crippen LogP contribution in [0.3, 0.4) is 0 Å². The number of nitrogens with zero attached hydrogens (tertiary/aromatic N) is 1. The SMILES string of the molecule is CCCn1cc(S(=O)(=O)NCC(C)OCC)cc1CN. The molecule has 1 rings (SSSR count). The van der Waals surface area contributed by atoms with Gasteiger partial charge in [-0.2, -0.15) is 0 Å². The van der Waals surface area contributed by atoms with Gasteiger partial charge in [0.15, 0.2) is 0 Å². The molecule has 0 radical (unpaired) electrons. The average Bonchev–Trinajstić information content (AvgIpc) is 2.81. The molecule has 0 aliphatic carbocycles. The number of aromatic nitrogens is 1. The van der Waals surface area contributed by atoms with Gasteiger partial charge in [-0.05, 0) is 26.3 Å². The van der Waals surface area contributed by atoms with Crippen molar-refractivity contribution in [2.45, 2.75) is 51.3 Å². The fraction of sp³-hybridized carbons (Fsp3) is 0.692. The van der Waals surface area contributed by atoms with Crippen LogP contribution in [0.15, 0.2) is 17.2 Å². The number of nitrogens with two attached hydrogens (primary N) is 1. The number of sulfonamides is 1. The zero-order valence-electron chi connectivity index (χ0n) is 12.4. The largest absolute Gasteiger partial charge is 0.377 e. The highest BCUT2D eigenvalue weighted by molar-refractivity contribution is 7.89. The third kappa shape index (κ3) is 4.59. The molecule has 1 unspecified atom stereocenters. The maximum atomic E-state index is 12.2. The first-order chi connectivity index (χ1) is 9.44. The standard InChI is InChI=1S/C13H25N3O3S/c1-4-6-16-10-13(7-12(16)8-14)20(17,18)15-9-11(3)19-5-2/h7,10-11,15H,4-6,8-9,14H2,1-3H3. The van der Waals surface area contributed by atoms with Gasteiger partial charge in [0.25, 0.3) is 0 Å². The highest BCUT2D eigenvalue weighted by Gasteiger charge is 2.18. The lowest BCUT2D eigenvalue weighted by molar-refractivity contribution is 0.0799. The quantitative estimate of drug-likeness (QED) is 0.714. The van der Waals surface area contributed by atoms with E-state index in [0.717, 1.165) is 18.7 Å². The molecular weight excluding hydrogens is 278 g/mol. The van der Waals surface area contributed by atoms with E-state index in [2.05, 4.69) is 4.72 Å². The first-order valence-electron chi connectivity index (χ1n) is 6.95. The van der Waals surface area contributed by atoms with Crippen LogP contribution in [0.2, 0.25) is 0 Å². The zero-order chi connectivity index (χ0) is 15.2. The molecule has 0 saturated carbocycles. The first kappa shape index (κ1) is 17.2. The summed E-state index contributed by atoms with van der Waals surface area (Å²) in [7, 11) is -3.51. The molecule has 0 aliphatic rings. The number of ether oxygens (including phenoxy) is 1. The molecule has 1 aromatic rings. The normalized spacial score (nSPS) is 13.6. The maximum Gasteiger partial charge on any atom is 0.242 e. The van der Waals surface area contributed by atoms with Gasteiger partial charge in [0, 0.05) is 38.1 Å². The van der Waals surface area contributed by atoms with E-state index in [9.17, 15) is 8.42 Å². The van der Waals surface area contributed by atoms with Crippen LogP contribution in [0.5, 0.6) is 0 Å². The third-order valence-corrected chi connectivity index (χ3v) is 4.35. The van der Waals surface area contributed by atoms with Crippen LogP contribution in [-0.2, 0) is 27.8 Å². The topological polar surface area (TPSA) is 86.3 Å². The fourth-order valence-corrected chi connectivity index (χ4v) is 3.12. The van der Waals surface area contributed by atoms with E-state index < -0.39 is 10.0 Å². The Morgan fingerprint density at radius 2 is 2.15 bits per heavy atom. The predicted molar refractivity (Wildman–Crippen MR) is 78.9 cm³/mol. The number of hydrogen-bond donors (Lipinski definition) is 2. The van der Waals surface area contributed by atoms with E-state index in [1.165, 1.54) is 0 Å². The minimum absolute atomic E-state index is 0.151. The molecule has 0 fully saturated rings. The molecule has 0 aliphatic heterocycles. The molecule has 0 spiro atoms. The molecule has 6 nitrogen and oxygen atoms in total. The number of aryl methyl sites for hydroxylation is 1. The number of nitrogens with one attached hydrogen (secondary N) is 1. The van der Waals surface area contributed by atoms with Gasteiger partial charge in [-0.15, -0.1) is 0 Å². The van der Waals surface area contributed by atoms with Crippen molar-refractivity contribution in [3.8, 4) is 0 Å². The van der Waals surface area contributed by atoms with Crippen LogP contribution < -0.4 is 10.5 Å². The minimum atomic E-state index is -3.51. The minimum Gasteiger partial charge on any atom is -0.377 e. The van der Waals surface area contributed by atoms with Crippen LogP contribution in [0, 0.1) is 0 Å². The fourth-order valence-electron chi connectivity index (χ4n) is 1.95. The Balaban J connectivity index is 2.81. The second-order valence-electron chi connectivity index (χ2n) is 4.68. The summed E-state index contributed by atoms with van der Waals surface area (Å²) >= 11 is 0. The van der Waals surface area contributed by atoms with Crippen molar-refractivity contribution < 1.29 is 13.2 Å².